The number of nitriles is 1. The number of rotatable bonds is 10. The fraction of sp³-hybridized carbons (Fsp3) is 0.231. The molecule has 1 amide bonds. The van der Waals surface area contributed by atoms with Crippen molar-refractivity contribution in [2.45, 2.75) is 38.5 Å². The van der Waals surface area contributed by atoms with Crippen LogP contribution in [0, 0.1) is 25.2 Å². The van der Waals surface area contributed by atoms with Gasteiger partial charge >= 0.3 is 0 Å². The van der Waals surface area contributed by atoms with E-state index in [1.807, 2.05) is 6.07 Å². The summed E-state index contributed by atoms with van der Waals surface area (Å²) in [4.78, 5) is 20.7. The predicted molar refractivity (Wildman–Crippen MR) is 138 cm³/mol. The van der Waals surface area contributed by atoms with Gasteiger partial charge in [0.25, 0.3) is 15.9 Å². The Morgan fingerprint density at radius 1 is 1.06 bits per heavy atom. The van der Waals surface area contributed by atoms with Gasteiger partial charge in [-0.15, -0.1) is 0 Å². The quantitative estimate of drug-likeness (QED) is 0.233. The topological polar surface area (TPSA) is 134 Å². The molecule has 0 aliphatic rings. The molecule has 0 fully saturated rings. The van der Waals surface area contributed by atoms with Crippen molar-refractivity contribution in [1.82, 2.24) is 9.97 Å². The van der Waals surface area contributed by atoms with Crippen LogP contribution in [0.25, 0.3) is 6.08 Å². The number of anilines is 2. The molecule has 0 unspecified atom stereocenters. The summed E-state index contributed by atoms with van der Waals surface area (Å²) >= 11 is 0. The van der Waals surface area contributed by atoms with E-state index in [-0.39, 0.29) is 16.4 Å². The number of nitrogens with one attached hydrogen (secondary N) is 2. The maximum absolute atomic E-state index is 12.7. The first-order valence-corrected chi connectivity index (χ1v) is 12.8. The lowest BCUT2D eigenvalue weighted by Gasteiger charge is -2.09. The molecule has 1 aromatic heterocycles. The van der Waals surface area contributed by atoms with Crippen molar-refractivity contribution in [3.05, 3.63) is 77.1 Å². The highest BCUT2D eigenvalue weighted by atomic mass is 32.2. The number of aryl methyl sites for hydroxylation is 2. The zero-order valence-electron chi connectivity index (χ0n) is 20.3. The highest BCUT2D eigenvalue weighted by Crippen LogP contribution is 2.19. The number of carbonyl (C=O) groups is 1. The summed E-state index contributed by atoms with van der Waals surface area (Å²) in [5.41, 5.74) is 2.18. The Bertz CT molecular complexity index is 1370. The van der Waals surface area contributed by atoms with Crippen LogP contribution >= 0.6 is 0 Å². The zero-order valence-corrected chi connectivity index (χ0v) is 21.1. The van der Waals surface area contributed by atoms with Crippen molar-refractivity contribution in [2.75, 3.05) is 16.6 Å². The van der Waals surface area contributed by atoms with Crippen LogP contribution < -0.4 is 14.8 Å². The van der Waals surface area contributed by atoms with E-state index < -0.39 is 15.9 Å². The Morgan fingerprint density at radius 2 is 1.69 bits per heavy atom. The van der Waals surface area contributed by atoms with E-state index in [9.17, 15) is 18.5 Å². The third-order valence-corrected chi connectivity index (χ3v) is 6.30. The highest BCUT2D eigenvalue weighted by Gasteiger charge is 2.17. The van der Waals surface area contributed by atoms with Crippen molar-refractivity contribution in [1.29, 1.82) is 5.26 Å². The minimum atomic E-state index is -3.93. The van der Waals surface area contributed by atoms with Crippen LogP contribution in [0.5, 0.6) is 5.75 Å². The van der Waals surface area contributed by atoms with E-state index >= 15 is 0 Å². The second-order valence-corrected chi connectivity index (χ2v) is 9.68. The molecule has 0 bridgehead atoms. The maximum atomic E-state index is 12.7. The van der Waals surface area contributed by atoms with Crippen LogP contribution in [-0.4, -0.2) is 30.9 Å². The lowest BCUT2D eigenvalue weighted by Crippen LogP contribution is -2.16. The Hall–Kier alpha value is -4.23. The number of nitrogens with zero attached hydrogens (tertiary/aromatic N) is 3. The Morgan fingerprint density at radius 3 is 2.28 bits per heavy atom. The second-order valence-electron chi connectivity index (χ2n) is 8.00. The third-order valence-electron chi connectivity index (χ3n) is 4.95. The fourth-order valence-electron chi connectivity index (χ4n) is 3.18. The van der Waals surface area contributed by atoms with E-state index in [4.69, 9.17) is 4.74 Å². The molecule has 2 aromatic carbocycles. The number of sulfonamides is 1. The number of aromatic nitrogens is 2. The normalized spacial score (nSPS) is 11.4. The van der Waals surface area contributed by atoms with E-state index in [0.717, 1.165) is 18.6 Å². The van der Waals surface area contributed by atoms with Crippen LogP contribution in [0.3, 0.4) is 0 Å². The highest BCUT2D eigenvalue weighted by molar-refractivity contribution is 7.92. The first-order valence-electron chi connectivity index (χ1n) is 11.3. The zero-order chi connectivity index (χ0) is 26.1. The SMILES string of the molecule is CCCCOc1ccc(/C=C(\C#N)C(=O)Nc2ccc(S(=O)(=O)Nc3nc(C)cc(C)n3)cc2)cc1. The van der Waals surface area contributed by atoms with Gasteiger partial charge in [0.05, 0.1) is 11.5 Å². The summed E-state index contributed by atoms with van der Waals surface area (Å²) in [6.07, 6.45) is 3.47. The molecule has 3 rings (SSSR count). The maximum Gasteiger partial charge on any atom is 0.266 e. The number of unbranched alkanes of at least 4 members (excludes halogenated alkanes) is 1. The van der Waals surface area contributed by atoms with Gasteiger partial charge in [0, 0.05) is 17.1 Å². The van der Waals surface area contributed by atoms with Gasteiger partial charge in [-0.1, -0.05) is 25.5 Å². The van der Waals surface area contributed by atoms with E-state index in [1.165, 1.54) is 30.3 Å². The molecular weight excluding hydrogens is 478 g/mol. The van der Waals surface area contributed by atoms with Crippen molar-refractivity contribution in [2.24, 2.45) is 0 Å². The number of hydrogen-bond donors (Lipinski definition) is 2. The Balaban J connectivity index is 1.67. The summed E-state index contributed by atoms with van der Waals surface area (Å²) in [6, 6.07) is 16.3. The van der Waals surface area contributed by atoms with Crippen molar-refractivity contribution < 1.29 is 17.9 Å². The van der Waals surface area contributed by atoms with Crippen molar-refractivity contribution in [3.63, 3.8) is 0 Å². The fourth-order valence-corrected chi connectivity index (χ4v) is 4.12. The first-order chi connectivity index (χ1) is 17.2. The molecule has 0 aliphatic heterocycles. The smallest absolute Gasteiger partial charge is 0.266 e. The monoisotopic (exact) mass is 505 g/mol. The minimum absolute atomic E-state index is 0.0192. The standard InChI is InChI=1S/C26H27N5O4S/c1-4-5-14-35-23-10-6-20(7-11-23)16-21(17-27)25(32)30-22-8-12-24(13-9-22)36(33,34)31-26-28-18(2)15-19(3)29-26/h6-13,15-16H,4-5,14H2,1-3H3,(H,30,32)(H,28,29,31)/b21-16+. The van der Waals surface area contributed by atoms with E-state index in [2.05, 4.69) is 26.9 Å². The lowest BCUT2D eigenvalue weighted by molar-refractivity contribution is -0.112. The molecule has 0 radical (unpaired) electrons. The van der Waals surface area contributed by atoms with Gasteiger partial charge in [0.15, 0.2) is 0 Å². The van der Waals surface area contributed by atoms with Crippen LogP contribution in [0.2, 0.25) is 0 Å². The minimum Gasteiger partial charge on any atom is -0.494 e. The summed E-state index contributed by atoms with van der Waals surface area (Å²) in [5.74, 6) is 0.0876. The van der Waals surface area contributed by atoms with Gasteiger partial charge in [0.2, 0.25) is 5.95 Å². The molecule has 0 saturated carbocycles. The number of benzene rings is 2. The molecule has 10 heteroatoms. The van der Waals surface area contributed by atoms with Crippen molar-refractivity contribution >= 4 is 33.6 Å². The van der Waals surface area contributed by atoms with E-state index in [0.29, 0.717) is 29.2 Å². The summed E-state index contributed by atoms with van der Waals surface area (Å²) in [7, 11) is -3.93. The predicted octanol–water partition coefficient (Wildman–Crippen LogP) is 4.62. The lowest BCUT2D eigenvalue weighted by atomic mass is 10.1. The van der Waals surface area contributed by atoms with Gasteiger partial charge in [-0.05, 0) is 74.4 Å². The van der Waals surface area contributed by atoms with Crippen LogP contribution in [-0.2, 0) is 14.8 Å². The van der Waals surface area contributed by atoms with Gasteiger partial charge in [0.1, 0.15) is 17.4 Å². The molecular formula is C26H27N5O4S. The molecule has 0 atom stereocenters. The van der Waals surface area contributed by atoms with Crippen LogP contribution in [0.15, 0.2) is 65.1 Å². The van der Waals surface area contributed by atoms with Gasteiger partial charge in [-0.2, -0.15) is 5.26 Å². The summed E-state index contributed by atoms with van der Waals surface area (Å²) < 4.78 is 33.3. The molecule has 0 saturated heterocycles. The van der Waals surface area contributed by atoms with Gasteiger partial charge in [-0.25, -0.2) is 23.1 Å². The number of carbonyl (C=O) groups excluding carboxylic acids is 1. The molecule has 2 N–H and O–H groups in total. The molecule has 186 valence electrons. The first kappa shape index (κ1) is 26.4. The molecule has 3 aromatic rings. The summed E-state index contributed by atoms with van der Waals surface area (Å²) in [6.45, 7) is 6.20. The Kier molecular flexibility index (Phi) is 8.76. The van der Waals surface area contributed by atoms with E-state index in [1.54, 1.807) is 44.2 Å². The van der Waals surface area contributed by atoms with Gasteiger partial charge in [-0.3, -0.25) is 4.79 Å². The second kappa shape index (κ2) is 12.0. The summed E-state index contributed by atoms with van der Waals surface area (Å²) in [5, 5.41) is 12.1. The number of amides is 1. The number of ether oxygens (including phenoxy) is 1. The van der Waals surface area contributed by atoms with Crippen LogP contribution in [0.4, 0.5) is 11.6 Å². The average Bonchev–Trinajstić information content (AvgIpc) is 2.83. The Labute approximate surface area is 210 Å². The molecule has 9 nitrogen and oxygen atoms in total. The molecule has 0 aliphatic carbocycles. The van der Waals surface area contributed by atoms with Gasteiger partial charge < -0.3 is 10.1 Å². The molecule has 1 heterocycles. The average molecular weight is 506 g/mol. The van der Waals surface area contributed by atoms with Crippen LogP contribution in [0.1, 0.15) is 36.7 Å². The largest absolute Gasteiger partial charge is 0.494 e. The number of hydrogen-bond acceptors (Lipinski definition) is 7. The third kappa shape index (κ3) is 7.38. The van der Waals surface area contributed by atoms with Crippen molar-refractivity contribution in [3.8, 4) is 11.8 Å². The molecule has 0 spiro atoms. The molecule has 36 heavy (non-hydrogen) atoms.